The third kappa shape index (κ3) is 3.38. The van der Waals surface area contributed by atoms with Gasteiger partial charge in [-0.2, -0.15) is 0 Å². The molecule has 2 heteroatoms. The van der Waals surface area contributed by atoms with Crippen molar-refractivity contribution in [2.75, 3.05) is 0 Å². The summed E-state index contributed by atoms with van der Waals surface area (Å²) in [5.74, 6) is 0.603. The second-order valence-corrected chi connectivity index (χ2v) is 5.98. The van der Waals surface area contributed by atoms with E-state index < -0.39 is 0 Å². The normalized spacial score (nSPS) is 10.8. The highest BCUT2D eigenvalue weighted by Gasteiger charge is 2.07. The summed E-state index contributed by atoms with van der Waals surface area (Å²) in [4.78, 5) is 0. The number of fused-ring (bicyclic) bond motifs is 1. The van der Waals surface area contributed by atoms with Crippen molar-refractivity contribution in [3.05, 3.63) is 102 Å². The second kappa shape index (κ2) is 6.78. The van der Waals surface area contributed by atoms with Crippen LogP contribution in [0.25, 0.3) is 21.9 Å². The molecule has 0 N–H and O–H groups in total. The van der Waals surface area contributed by atoms with Gasteiger partial charge in [0.05, 0.1) is 0 Å². The van der Waals surface area contributed by atoms with E-state index in [1.807, 2.05) is 48.5 Å². The number of benzene rings is 4. The summed E-state index contributed by atoms with van der Waals surface area (Å²) in [5, 5.41) is 2.18. The molecule has 0 aromatic heterocycles. The van der Waals surface area contributed by atoms with E-state index in [2.05, 4.69) is 18.2 Å². The summed E-state index contributed by atoms with van der Waals surface area (Å²) in [7, 11) is 0. The van der Waals surface area contributed by atoms with Crippen LogP contribution in [0, 0.1) is 5.82 Å². The fraction of sp³-hybridized carbons (Fsp3) is 0.0435. The van der Waals surface area contributed by atoms with Crippen LogP contribution in [0.3, 0.4) is 0 Å². The van der Waals surface area contributed by atoms with E-state index in [0.29, 0.717) is 6.61 Å². The molecule has 0 radical (unpaired) electrons. The standard InChI is InChI=1S/C23H17FO/c24-21-12-10-18(11-13-21)20-14-19-8-4-5-9-22(19)23(15-20)25-16-17-6-2-1-3-7-17/h1-15H,16H2. The predicted molar refractivity (Wildman–Crippen MR) is 100 cm³/mol. The quantitative estimate of drug-likeness (QED) is 0.432. The molecule has 0 heterocycles. The van der Waals surface area contributed by atoms with Gasteiger partial charge in [-0.1, -0.05) is 66.7 Å². The zero-order valence-corrected chi connectivity index (χ0v) is 13.7. The van der Waals surface area contributed by atoms with Gasteiger partial charge in [0.15, 0.2) is 0 Å². The van der Waals surface area contributed by atoms with Gasteiger partial charge in [-0.25, -0.2) is 4.39 Å². The molecular weight excluding hydrogens is 311 g/mol. The zero-order chi connectivity index (χ0) is 17.1. The van der Waals surface area contributed by atoms with Crippen LogP contribution in [0.5, 0.6) is 5.75 Å². The Morgan fingerprint density at radius 3 is 2.20 bits per heavy atom. The van der Waals surface area contributed by atoms with Gasteiger partial charge < -0.3 is 4.74 Å². The highest BCUT2D eigenvalue weighted by atomic mass is 19.1. The van der Waals surface area contributed by atoms with E-state index in [1.54, 1.807) is 12.1 Å². The maximum Gasteiger partial charge on any atom is 0.128 e. The lowest BCUT2D eigenvalue weighted by atomic mass is 10.0. The minimum atomic E-state index is -0.231. The van der Waals surface area contributed by atoms with Gasteiger partial charge in [-0.05, 0) is 46.3 Å². The predicted octanol–water partition coefficient (Wildman–Crippen LogP) is 6.22. The summed E-state index contributed by atoms with van der Waals surface area (Å²) in [6.45, 7) is 0.512. The average Bonchev–Trinajstić information content (AvgIpc) is 2.67. The number of halogens is 1. The molecule has 0 amide bonds. The molecule has 0 saturated heterocycles. The van der Waals surface area contributed by atoms with Crippen molar-refractivity contribution in [2.24, 2.45) is 0 Å². The lowest BCUT2D eigenvalue weighted by Crippen LogP contribution is -1.96. The molecule has 0 bridgehead atoms. The monoisotopic (exact) mass is 328 g/mol. The first kappa shape index (κ1) is 15.4. The van der Waals surface area contributed by atoms with E-state index in [9.17, 15) is 4.39 Å². The number of rotatable bonds is 4. The maximum absolute atomic E-state index is 13.2. The third-order valence-corrected chi connectivity index (χ3v) is 4.24. The molecular formula is C23H17FO. The summed E-state index contributed by atoms with van der Waals surface area (Å²) in [6, 6.07) is 28.9. The van der Waals surface area contributed by atoms with Gasteiger partial charge in [0.2, 0.25) is 0 Å². The second-order valence-electron chi connectivity index (χ2n) is 5.98. The molecule has 4 aromatic carbocycles. The smallest absolute Gasteiger partial charge is 0.128 e. The van der Waals surface area contributed by atoms with Crippen molar-refractivity contribution in [1.82, 2.24) is 0 Å². The molecule has 4 aromatic rings. The minimum Gasteiger partial charge on any atom is -0.488 e. The van der Waals surface area contributed by atoms with Crippen LogP contribution < -0.4 is 4.74 Å². The van der Waals surface area contributed by atoms with Gasteiger partial charge in [0, 0.05) is 5.39 Å². The Kier molecular flexibility index (Phi) is 4.17. The first-order chi connectivity index (χ1) is 12.3. The van der Waals surface area contributed by atoms with E-state index in [-0.39, 0.29) is 5.82 Å². The fourth-order valence-electron chi connectivity index (χ4n) is 2.94. The summed E-state index contributed by atoms with van der Waals surface area (Å²) in [5.41, 5.74) is 3.11. The molecule has 0 atom stereocenters. The van der Waals surface area contributed by atoms with E-state index in [0.717, 1.165) is 33.2 Å². The van der Waals surface area contributed by atoms with Crippen LogP contribution in [0.15, 0.2) is 91.0 Å². The molecule has 0 aliphatic heterocycles. The Morgan fingerprint density at radius 1 is 0.680 bits per heavy atom. The minimum absolute atomic E-state index is 0.231. The number of hydrogen-bond donors (Lipinski definition) is 0. The van der Waals surface area contributed by atoms with Crippen LogP contribution in [0.1, 0.15) is 5.56 Å². The molecule has 4 rings (SSSR count). The van der Waals surface area contributed by atoms with Gasteiger partial charge >= 0.3 is 0 Å². The first-order valence-electron chi connectivity index (χ1n) is 8.25. The highest BCUT2D eigenvalue weighted by molar-refractivity contribution is 5.92. The Morgan fingerprint density at radius 2 is 1.40 bits per heavy atom. The molecule has 0 saturated carbocycles. The van der Waals surface area contributed by atoms with Crippen molar-refractivity contribution in [3.63, 3.8) is 0 Å². The third-order valence-electron chi connectivity index (χ3n) is 4.24. The largest absolute Gasteiger partial charge is 0.488 e. The Bertz CT molecular complexity index is 991. The van der Waals surface area contributed by atoms with Crippen LogP contribution >= 0.6 is 0 Å². The summed E-state index contributed by atoms with van der Waals surface area (Å²) < 4.78 is 19.3. The van der Waals surface area contributed by atoms with E-state index in [1.165, 1.54) is 12.1 Å². The molecule has 0 fully saturated rings. The van der Waals surface area contributed by atoms with E-state index in [4.69, 9.17) is 4.74 Å². The Labute approximate surface area is 146 Å². The van der Waals surface area contributed by atoms with Gasteiger partial charge in [0.1, 0.15) is 18.2 Å². The molecule has 0 spiro atoms. The Hall–Kier alpha value is -3.13. The van der Waals surface area contributed by atoms with Gasteiger partial charge in [-0.15, -0.1) is 0 Å². The van der Waals surface area contributed by atoms with Crippen molar-refractivity contribution < 1.29 is 9.13 Å². The average molecular weight is 328 g/mol. The molecule has 122 valence electrons. The van der Waals surface area contributed by atoms with Crippen molar-refractivity contribution >= 4 is 10.8 Å². The zero-order valence-electron chi connectivity index (χ0n) is 13.7. The van der Waals surface area contributed by atoms with Crippen LogP contribution in [0.4, 0.5) is 4.39 Å². The van der Waals surface area contributed by atoms with Crippen molar-refractivity contribution in [3.8, 4) is 16.9 Å². The van der Waals surface area contributed by atoms with Crippen molar-refractivity contribution in [1.29, 1.82) is 0 Å². The number of hydrogen-bond acceptors (Lipinski definition) is 1. The SMILES string of the molecule is Fc1ccc(-c2cc(OCc3ccccc3)c3ccccc3c2)cc1. The van der Waals surface area contributed by atoms with Crippen LogP contribution in [-0.2, 0) is 6.61 Å². The maximum atomic E-state index is 13.2. The van der Waals surface area contributed by atoms with Crippen molar-refractivity contribution in [2.45, 2.75) is 6.61 Å². The van der Waals surface area contributed by atoms with E-state index >= 15 is 0 Å². The lowest BCUT2D eigenvalue weighted by Gasteiger charge is -2.12. The number of ether oxygens (including phenoxy) is 1. The summed E-state index contributed by atoms with van der Waals surface area (Å²) >= 11 is 0. The molecule has 0 aliphatic carbocycles. The fourth-order valence-corrected chi connectivity index (χ4v) is 2.94. The van der Waals surface area contributed by atoms with Gasteiger partial charge in [0.25, 0.3) is 0 Å². The first-order valence-corrected chi connectivity index (χ1v) is 8.25. The van der Waals surface area contributed by atoms with Crippen LogP contribution in [-0.4, -0.2) is 0 Å². The molecule has 1 nitrogen and oxygen atoms in total. The topological polar surface area (TPSA) is 9.23 Å². The molecule has 0 aliphatic rings. The Balaban J connectivity index is 1.74. The lowest BCUT2D eigenvalue weighted by molar-refractivity contribution is 0.310. The summed E-state index contributed by atoms with van der Waals surface area (Å²) in [6.07, 6.45) is 0. The van der Waals surface area contributed by atoms with Crippen LogP contribution in [0.2, 0.25) is 0 Å². The molecule has 0 unspecified atom stereocenters. The van der Waals surface area contributed by atoms with Gasteiger partial charge in [-0.3, -0.25) is 0 Å². The molecule has 25 heavy (non-hydrogen) atoms. The highest BCUT2D eigenvalue weighted by Crippen LogP contribution is 2.33.